The number of nitrogens with zero attached hydrogens (tertiary/aromatic N) is 7. The Morgan fingerprint density at radius 3 is 1.97 bits per heavy atom. The molecule has 3 heterocycles. The first-order valence-electron chi connectivity index (χ1n) is 10.8. The third kappa shape index (κ3) is 4.68. The van der Waals surface area contributed by atoms with Crippen LogP contribution >= 0.6 is 0 Å². The largest absolute Gasteiger partial charge is 0.497 e. The summed E-state index contributed by atoms with van der Waals surface area (Å²) in [7, 11) is 1.64. The number of hydrogen-bond acceptors (Lipinski definition) is 10. The summed E-state index contributed by atoms with van der Waals surface area (Å²) in [6.07, 6.45) is 1.42. The van der Waals surface area contributed by atoms with Crippen LogP contribution in [0, 0.1) is 10.1 Å². The molecule has 2 saturated heterocycles. The Morgan fingerprint density at radius 2 is 1.47 bits per heavy atom. The molecule has 0 radical (unpaired) electrons. The topological polar surface area (TPSA) is 111 Å². The van der Waals surface area contributed by atoms with E-state index in [1.54, 1.807) is 7.11 Å². The highest BCUT2D eigenvalue weighted by molar-refractivity contribution is 5.71. The highest BCUT2D eigenvalue weighted by Gasteiger charge is 2.32. The number of methoxy groups -OCH3 is 1. The predicted octanol–water partition coefficient (Wildman–Crippen LogP) is 0.834. The van der Waals surface area contributed by atoms with E-state index in [2.05, 4.69) is 19.8 Å². The molecule has 172 valence electrons. The Kier molecular flexibility index (Phi) is 6.86. The first-order chi connectivity index (χ1) is 15.6. The van der Waals surface area contributed by atoms with Crippen molar-refractivity contribution in [1.82, 2.24) is 14.9 Å². The number of aliphatic hydroxyl groups is 1. The third-order valence-corrected chi connectivity index (χ3v) is 6.07. The van der Waals surface area contributed by atoms with Crippen LogP contribution in [0.5, 0.6) is 5.75 Å². The lowest BCUT2D eigenvalue weighted by atomic mass is 10.2. The summed E-state index contributed by atoms with van der Waals surface area (Å²) in [4.78, 5) is 28.6. The molecule has 2 aliphatic heterocycles. The molecule has 0 bridgehead atoms. The van der Waals surface area contributed by atoms with E-state index in [4.69, 9.17) is 9.84 Å². The molecule has 1 aromatic heterocycles. The van der Waals surface area contributed by atoms with E-state index in [1.807, 2.05) is 34.1 Å². The highest BCUT2D eigenvalue weighted by atomic mass is 16.6. The lowest BCUT2D eigenvalue weighted by Crippen LogP contribution is -2.48. The number of ether oxygens (including phenoxy) is 1. The lowest BCUT2D eigenvalue weighted by molar-refractivity contribution is -0.383. The normalized spacial score (nSPS) is 17.5. The monoisotopic (exact) mass is 443 g/mol. The number of β-amino-alcohol motifs (C(OH)–C–C–N with tert-alkyl or cyclic N) is 1. The number of aromatic nitrogens is 2. The van der Waals surface area contributed by atoms with Gasteiger partial charge in [-0.15, -0.1) is 0 Å². The fourth-order valence-corrected chi connectivity index (χ4v) is 4.28. The summed E-state index contributed by atoms with van der Waals surface area (Å²) >= 11 is 0. The fourth-order valence-electron chi connectivity index (χ4n) is 4.28. The minimum absolute atomic E-state index is 0.0268. The molecule has 32 heavy (non-hydrogen) atoms. The summed E-state index contributed by atoms with van der Waals surface area (Å²) in [6, 6.07) is 7.92. The maximum atomic E-state index is 12.0. The fraction of sp³-hybridized carbons (Fsp3) is 0.524. The van der Waals surface area contributed by atoms with Crippen molar-refractivity contribution in [2.24, 2.45) is 0 Å². The number of rotatable bonds is 7. The van der Waals surface area contributed by atoms with Gasteiger partial charge in [0.15, 0.2) is 0 Å². The summed E-state index contributed by atoms with van der Waals surface area (Å²) < 4.78 is 5.22. The van der Waals surface area contributed by atoms with Gasteiger partial charge in [-0.2, -0.15) is 0 Å². The van der Waals surface area contributed by atoms with Crippen molar-refractivity contribution in [3.63, 3.8) is 0 Å². The van der Waals surface area contributed by atoms with Gasteiger partial charge in [-0.25, -0.2) is 9.97 Å². The van der Waals surface area contributed by atoms with Crippen LogP contribution in [0.15, 0.2) is 30.6 Å². The van der Waals surface area contributed by atoms with Gasteiger partial charge in [0.25, 0.3) is 0 Å². The van der Waals surface area contributed by atoms with E-state index >= 15 is 0 Å². The number of benzene rings is 1. The van der Waals surface area contributed by atoms with Gasteiger partial charge in [0.05, 0.1) is 18.6 Å². The minimum Gasteiger partial charge on any atom is -0.497 e. The van der Waals surface area contributed by atoms with E-state index < -0.39 is 0 Å². The number of nitro groups is 1. The van der Waals surface area contributed by atoms with Crippen LogP contribution in [0.25, 0.3) is 0 Å². The maximum absolute atomic E-state index is 12.0. The zero-order chi connectivity index (χ0) is 22.5. The molecule has 0 unspecified atom stereocenters. The van der Waals surface area contributed by atoms with Crippen molar-refractivity contribution in [2.45, 2.75) is 0 Å². The summed E-state index contributed by atoms with van der Waals surface area (Å²) in [6.45, 7) is 6.19. The highest BCUT2D eigenvalue weighted by Crippen LogP contribution is 2.35. The molecule has 0 amide bonds. The molecule has 2 aliphatic rings. The van der Waals surface area contributed by atoms with Crippen molar-refractivity contribution >= 4 is 23.0 Å². The summed E-state index contributed by atoms with van der Waals surface area (Å²) in [5, 5.41) is 21.2. The van der Waals surface area contributed by atoms with Crippen LogP contribution in [0.2, 0.25) is 0 Å². The van der Waals surface area contributed by atoms with Crippen molar-refractivity contribution in [3.05, 3.63) is 40.7 Å². The Morgan fingerprint density at radius 1 is 0.938 bits per heavy atom. The first kappa shape index (κ1) is 22.0. The molecule has 1 N–H and O–H groups in total. The molecule has 2 aromatic rings. The van der Waals surface area contributed by atoms with Crippen LogP contribution in [-0.2, 0) is 0 Å². The lowest BCUT2D eigenvalue weighted by Gasteiger charge is -2.37. The van der Waals surface area contributed by atoms with E-state index in [0.29, 0.717) is 44.4 Å². The number of aliphatic hydroxyl groups excluding tert-OH is 1. The molecule has 0 aliphatic carbocycles. The van der Waals surface area contributed by atoms with Gasteiger partial charge >= 0.3 is 5.69 Å². The molecular weight excluding hydrogens is 414 g/mol. The SMILES string of the molecule is COc1ccc(N2CCN(c3ncnc(N4CCN(CCO)CC4)c3[N+](=O)[O-])CC2)cc1. The Labute approximate surface area is 187 Å². The zero-order valence-corrected chi connectivity index (χ0v) is 18.3. The molecule has 1 aromatic carbocycles. The van der Waals surface area contributed by atoms with Gasteiger partial charge < -0.3 is 24.5 Å². The standard InChI is InChI=1S/C21H29N7O4/c1-32-18-4-2-17(3-5-18)25-10-12-27(13-11-25)21-19(28(30)31)20(22-16-23-21)26-8-6-24(7-9-26)14-15-29/h2-5,16,29H,6-15H2,1H3. The van der Waals surface area contributed by atoms with Crippen molar-refractivity contribution in [3.8, 4) is 5.75 Å². The summed E-state index contributed by atoms with van der Waals surface area (Å²) in [5.74, 6) is 1.57. The van der Waals surface area contributed by atoms with E-state index in [1.165, 1.54) is 6.33 Å². The van der Waals surface area contributed by atoms with Gasteiger partial charge in [-0.1, -0.05) is 0 Å². The van der Waals surface area contributed by atoms with Crippen LogP contribution in [0.3, 0.4) is 0 Å². The van der Waals surface area contributed by atoms with Crippen molar-refractivity contribution < 1.29 is 14.8 Å². The Hall–Kier alpha value is -3.18. The third-order valence-electron chi connectivity index (χ3n) is 6.07. The molecule has 0 atom stereocenters. The molecule has 11 heteroatoms. The Bertz CT molecular complexity index is 911. The van der Waals surface area contributed by atoms with E-state index in [9.17, 15) is 10.1 Å². The van der Waals surface area contributed by atoms with Crippen LogP contribution in [-0.4, -0.2) is 97.5 Å². The summed E-state index contributed by atoms with van der Waals surface area (Å²) in [5.41, 5.74) is 1.07. The number of hydrogen-bond donors (Lipinski definition) is 1. The molecule has 0 spiro atoms. The van der Waals surface area contributed by atoms with Gasteiger partial charge in [0.2, 0.25) is 11.6 Å². The number of anilines is 3. The van der Waals surface area contributed by atoms with Gasteiger partial charge in [0.1, 0.15) is 12.1 Å². The first-order valence-corrected chi connectivity index (χ1v) is 10.8. The second kappa shape index (κ2) is 9.96. The van der Waals surface area contributed by atoms with Crippen LogP contribution in [0.1, 0.15) is 0 Å². The molecule has 0 saturated carbocycles. The minimum atomic E-state index is -0.361. The molecule has 4 rings (SSSR count). The van der Waals surface area contributed by atoms with Gasteiger partial charge in [-0.3, -0.25) is 15.0 Å². The van der Waals surface area contributed by atoms with Gasteiger partial charge in [0, 0.05) is 64.6 Å². The zero-order valence-electron chi connectivity index (χ0n) is 18.3. The average Bonchev–Trinajstić information content (AvgIpc) is 2.84. The maximum Gasteiger partial charge on any atom is 0.353 e. The second-order valence-electron chi connectivity index (χ2n) is 7.85. The van der Waals surface area contributed by atoms with Crippen molar-refractivity contribution in [2.75, 3.05) is 87.3 Å². The molecule has 11 nitrogen and oxygen atoms in total. The second-order valence-corrected chi connectivity index (χ2v) is 7.85. The quantitative estimate of drug-likeness (QED) is 0.488. The average molecular weight is 444 g/mol. The Balaban J connectivity index is 1.48. The number of piperazine rings is 2. The smallest absolute Gasteiger partial charge is 0.353 e. The van der Waals surface area contributed by atoms with Crippen LogP contribution in [0.4, 0.5) is 23.0 Å². The molecule has 2 fully saturated rings. The molecular formula is C21H29N7O4. The van der Waals surface area contributed by atoms with Gasteiger partial charge in [-0.05, 0) is 24.3 Å². The predicted molar refractivity (Wildman–Crippen MR) is 122 cm³/mol. The van der Waals surface area contributed by atoms with Crippen molar-refractivity contribution in [1.29, 1.82) is 0 Å². The van der Waals surface area contributed by atoms with E-state index in [-0.39, 0.29) is 17.2 Å². The van der Waals surface area contributed by atoms with E-state index in [0.717, 1.165) is 37.6 Å². The van der Waals surface area contributed by atoms with Crippen LogP contribution < -0.4 is 19.4 Å².